The fourth-order valence-electron chi connectivity index (χ4n) is 6.98. The summed E-state index contributed by atoms with van der Waals surface area (Å²) >= 11 is 0. The van der Waals surface area contributed by atoms with Gasteiger partial charge in [-0.05, 0) is 70.6 Å². The number of hydrogen-bond donors (Lipinski definition) is 4. The van der Waals surface area contributed by atoms with Crippen LogP contribution in [0.5, 0.6) is 0 Å². The monoisotopic (exact) mass is 823 g/mol. The van der Waals surface area contributed by atoms with E-state index in [0.717, 1.165) is 77.0 Å². The van der Waals surface area contributed by atoms with E-state index in [1.54, 1.807) is 0 Å². The third-order valence-electron chi connectivity index (χ3n) is 10.7. The molecule has 58 heavy (non-hydrogen) atoms. The lowest BCUT2D eigenvalue weighted by molar-refractivity contribution is -0.305. The molecule has 1 rings (SSSR count). The van der Waals surface area contributed by atoms with E-state index in [1.165, 1.54) is 89.9 Å². The molecule has 1 aliphatic rings. The van der Waals surface area contributed by atoms with Gasteiger partial charge < -0.3 is 39.4 Å². The zero-order chi connectivity index (χ0) is 42.3. The van der Waals surface area contributed by atoms with Crippen LogP contribution in [-0.2, 0) is 28.5 Å². The summed E-state index contributed by atoms with van der Waals surface area (Å²) in [7, 11) is 0. The second-order valence-electron chi connectivity index (χ2n) is 16.2. The molecule has 1 fully saturated rings. The Kier molecular flexibility index (Phi) is 36.3. The van der Waals surface area contributed by atoms with Crippen LogP contribution in [-0.4, -0.2) is 89.0 Å². The summed E-state index contributed by atoms with van der Waals surface area (Å²) in [6.45, 7) is 3.39. The molecule has 10 nitrogen and oxygen atoms in total. The molecule has 1 saturated heterocycles. The van der Waals surface area contributed by atoms with Crippen molar-refractivity contribution in [3.8, 4) is 0 Å². The van der Waals surface area contributed by atoms with Crippen LogP contribution in [0.4, 0.5) is 0 Å². The number of esters is 2. The summed E-state index contributed by atoms with van der Waals surface area (Å²) in [4.78, 5) is 25.4. The van der Waals surface area contributed by atoms with Gasteiger partial charge in [0.05, 0.1) is 13.2 Å². The van der Waals surface area contributed by atoms with Gasteiger partial charge in [0, 0.05) is 12.8 Å². The average molecular weight is 823 g/mol. The van der Waals surface area contributed by atoms with Crippen molar-refractivity contribution >= 4 is 11.9 Å². The minimum atomic E-state index is -1.60. The van der Waals surface area contributed by atoms with Crippen molar-refractivity contribution in [2.45, 2.75) is 237 Å². The van der Waals surface area contributed by atoms with E-state index < -0.39 is 49.4 Å². The summed E-state index contributed by atoms with van der Waals surface area (Å²) in [5.74, 6) is -0.820. The van der Waals surface area contributed by atoms with Gasteiger partial charge in [-0.1, -0.05) is 153 Å². The van der Waals surface area contributed by atoms with Crippen molar-refractivity contribution in [1.82, 2.24) is 0 Å². The van der Waals surface area contributed by atoms with E-state index >= 15 is 0 Å². The lowest BCUT2D eigenvalue weighted by Gasteiger charge is -2.39. The van der Waals surface area contributed by atoms with Crippen molar-refractivity contribution in [3.05, 3.63) is 36.5 Å². The first-order chi connectivity index (χ1) is 28.3. The van der Waals surface area contributed by atoms with Gasteiger partial charge >= 0.3 is 11.9 Å². The van der Waals surface area contributed by atoms with Gasteiger partial charge in [0.15, 0.2) is 12.4 Å². The van der Waals surface area contributed by atoms with E-state index in [4.69, 9.17) is 18.9 Å². The number of aliphatic hydroxyl groups excluding tert-OH is 4. The minimum absolute atomic E-state index is 0.217. The van der Waals surface area contributed by atoms with E-state index in [-0.39, 0.29) is 32.0 Å². The lowest BCUT2D eigenvalue weighted by atomic mass is 9.99. The molecule has 0 aliphatic carbocycles. The molecule has 0 amide bonds. The highest BCUT2D eigenvalue weighted by Crippen LogP contribution is 2.23. The highest BCUT2D eigenvalue weighted by atomic mass is 16.7. The van der Waals surface area contributed by atoms with Crippen LogP contribution in [0.2, 0.25) is 0 Å². The molecule has 6 atom stereocenters. The van der Waals surface area contributed by atoms with Crippen LogP contribution in [0.3, 0.4) is 0 Å². The first kappa shape index (κ1) is 53.9. The highest BCUT2D eigenvalue weighted by molar-refractivity contribution is 5.70. The van der Waals surface area contributed by atoms with Crippen LogP contribution in [0, 0.1) is 0 Å². The fourth-order valence-corrected chi connectivity index (χ4v) is 6.98. The minimum Gasteiger partial charge on any atom is -0.462 e. The molecule has 4 N–H and O–H groups in total. The van der Waals surface area contributed by atoms with E-state index in [0.29, 0.717) is 6.42 Å². The molecule has 1 aliphatic heterocycles. The Morgan fingerprint density at radius 2 is 0.966 bits per heavy atom. The number of rotatable bonds is 39. The maximum atomic E-state index is 12.8. The van der Waals surface area contributed by atoms with Crippen LogP contribution < -0.4 is 0 Å². The molecule has 0 saturated carbocycles. The average Bonchev–Trinajstić information content (AvgIpc) is 3.22. The summed E-state index contributed by atoms with van der Waals surface area (Å²) < 4.78 is 22.2. The van der Waals surface area contributed by atoms with Gasteiger partial charge in [-0.25, -0.2) is 0 Å². The summed E-state index contributed by atoms with van der Waals surface area (Å²) in [5.41, 5.74) is 0. The smallest absolute Gasteiger partial charge is 0.306 e. The van der Waals surface area contributed by atoms with Crippen molar-refractivity contribution < 1.29 is 49.0 Å². The molecule has 0 aromatic carbocycles. The van der Waals surface area contributed by atoms with Crippen molar-refractivity contribution in [2.24, 2.45) is 0 Å². The largest absolute Gasteiger partial charge is 0.462 e. The molecule has 0 radical (unpaired) electrons. The Labute approximate surface area is 353 Å². The number of allylic oxidation sites excluding steroid dienone is 6. The first-order valence-electron chi connectivity index (χ1n) is 23.6. The Hall–Kier alpha value is -2.08. The van der Waals surface area contributed by atoms with Gasteiger partial charge in [0.2, 0.25) is 0 Å². The number of ether oxygens (including phenoxy) is 4. The molecular weight excluding hydrogens is 737 g/mol. The van der Waals surface area contributed by atoms with Crippen molar-refractivity contribution in [3.63, 3.8) is 0 Å². The highest BCUT2D eigenvalue weighted by Gasteiger charge is 2.44. The van der Waals surface area contributed by atoms with Crippen molar-refractivity contribution in [1.29, 1.82) is 0 Å². The molecule has 10 heteroatoms. The van der Waals surface area contributed by atoms with Gasteiger partial charge in [0.1, 0.15) is 31.0 Å². The quantitative estimate of drug-likeness (QED) is 0.0268. The third-order valence-corrected chi connectivity index (χ3v) is 10.7. The Morgan fingerprint density at radius 1 is 0.534 bits per heavy atom. The van der Waals surface area contributed by atoms with Gasteiger partial charge in [-0.2, -0.15) is 0 Å². The fraction of sp³-hybridized carbons (Fsp3) is 0.833. The molecule has 0 bridgehead atoms. The standard InChI is InChI=1S/C48H86O10/c1-3-5-7-9-11-13-15-17-19-21-23-24-26-28-30-32-34-36-43(50)55-39-41(40-56-48-47(54)46(53)45(52)42(38-49)58-48)57-44(51)37-35-33-31-29-27-25-22-20-18-16-14-12-10-8-6-4-2/h12,14,17-20,41-42,45-49,52-54H,3-11,13,15-16,21-40H2,1-2H3/b14-12-,19-17+,20-18-/t41-,42-,45+,46+,47-,48-/m1/s1. The van der Waals surface area contributed by atoms with Crippen LogP contribution in [0.25, 0.3) is 0 Å². The second-order valence-corrected chi connectivity index (χ2v) is 16.2. The Bertz CT molecular complexity index is 1040. The molecular formula is C48H86O10. The molecule has 1 heterocycles. The molecule has 0 spiro atoms. The van der Waals surface area contributed by atoms with Gasteiger partial charge in [-0.3, -0.25) is 9.59 Å². The molecule has 338 valence electrons. The number of unbranched alkanes of at least 4 members (excludes halogenated alkanes) is 22. The first-order valence-corrected chi connectivity index (χ1v) is 23.6. The number of aliphatic hydroxyl groups is 4. The van der Waals surface area contributed by atoms with E-state index in [1.807, 2.05) is 0 Å². The molecule has 0 aromatic rings. The predicted octanol–water partition coefficient (Wildman–Crippen LogP) is 10.3. The number of hydrogen-bond acceptors (Lipinski definition) is 10. The second kappa shape index (κ2) is 39.1. The number of carbonyl (C=O) groups is 2. The Morgan fingerprint density at radius 3 is 1.48 bits per heavy atom. The maximum absolute atomic E-state index is 12.8. The van der Waals surface area contributed by atoms with Gasteiger partial charge in [0.25, 0.3) is 0 Å². The van der Waals surface area contributed by atoms with E-state index in [9.17, 15) is 30.0 Å². The number of carbonyl (C=O) groups excluding carboxylic acids is 2. The summed E-state index contributed by atoms with van der Waals surface area (Å²) in [6, 6.07) is 0. The van der Waals surface area contributed by atoms with Crippen LogP contribution >= 0.6 is 0 Å². The topological polar surface area (TPSA) is 152 Å². The lowest BCUT2D eigenvalue weighted by Crippen LogP contribution is -2.59. The van der Waals surface area contributed by atoms with Crippen LogP contribution in [0.1, 0.15) is 200 Å². The van der Waals surface area contributed by atoms with Gasteiger partial charge in [-0.15, -0.1) is 0 Å². The summed E-state index contributed by atoms with van der Waals surface area (Å²) in [5, 5.41) is 40.1. The molecule has 0 unspecified atom stereocenters. The van der Waals surface area contributed by atoms with Crippen molar-refractivity contribution in [2.75, 3.05) is 19.8 Å². The molecule has 0 aromatic heterocycles. The zero-order valence-electron chi connectivity index (χ0n) is 36.8. The van der Waals surface area contributed by atoms with E-state index in [2.05, 4.69) is 50.3 Å². The Balaban J connectivity index is 2.32. The summed E-state index contributed by atoms with van der Waals surface area (Å²) in [6.07, 6.45) is 37.1. The normalized spacial score (nSPS) is 20.4. The van der Waals surface area contributed by atoms with Crippen LogP contribution in [0.15, 0.2) is 36.5 Å². The SMILES string of the molecule is CCCCC/C=C\C/C=C\CCCCCCCCC(=O)O[C@H](COC(=O)CCCCCCCCC/C=C/CCCCCCCC)CO[C@@H]1O[C@H](CO)[C@H](O)[C@H](O)[C@H]1O. The zero-order valence-corrected chi connectivity index (χ0v) is 36.8. The third kappa shape index (κ3) is 30.0. The maximum Gasteiger partial charge on any atom is 0.306 e. The predicted molar refractivity (Wildman–Crippen MR) is 233 cm³/mol.